The van der Waals surface area contributed by atoms with Crippen LogP contribution in [0.2, 0.25) is 0 Å². The molecule has 8 aromatic carbocycles. The predicted molar refractivity (Wildman–Crippen MR) is 221 cm³/mol. The first-order valence-corrected chi connectivity index (χ1v) is 18.4. The van der Waals surface area contributed by atoms with Gasteiger partial charge in [0.2, 0.25) is 0 Å². The molecule has 0 aliphatic heterocycles. The molecule has 0 atom stereocenters. The van der Waals surface area contributed by atoms with Gasteiger partial charge >= 0.3 is 0 Å². The van der Waals surface area contributed by atoms with Gasteiger partial charge in [-0.1, -0.05) is 127 Å². The van der Waals surface area contributed by atoms with E-state index in [0.29, 0.717) is 0 Å². The highest BCUT2D eigenvalue weighted by Gasteiger charge is 2.24. The number of fused-ring (bicyclic) bond motifs is 9. The van der Waals surface area contributed by atoms with Crippen molar-refractivity contribution in [2.75, 3.05) is 4.90 Å². The predicted octanol–water partition coefficient (Wildman–Crippen LogP) is 14.2. The van der Waals surface area contributed by atoms with Crippen LogP contribution in [0.4, 0.5) is 17.1 Å². The van der Waals surface area contributed by atoms with E-state index in [9.17, 15) is 0 Å². The summed E-state index contributed by atoms with van der Waals surface area (Å²) in [7, 11) is 0. The van der Waals surface area contributed by atoms with Gasteiger partial charge < -0.3 is 13.9 Å². The molecule has 3 heterocycles. The van der Waals surface area contributed by atoms with Gasteiger partial charge in [0, 0.05) is 59.5 Å². The summed E-state index contributed by atoms with van der Waals surface area (Å²) in [6.45, 7) is 0. The summed E-state index contributed by atoms with van der Waals surface area (Å²) in [6, 6.07) is 65.4. The van der Waals surface area contributed by atoms with Crippen LogP contribution in [0.1, 0.15) is 0 Å². The molecule has 0 saturated carbocycles. The van der Waals surface area contributed by atoms with Crippen LogP contribution in [0.15, 0.2) is 186 Å². The van der Waals surface area contributed by atoms with E-state index in [1.165, 1.54) is 36.5 Å². The van der Waals surface area contributed by atoms with Crippen LogP contribution in [0.25, 0.3) is 80.7 Å². The lowest BCUT2D eigenvalue weighted by Gasteiger charge is -2.28. The molecule has 0 N–H and O–H groups in total. The molecule has 0 saturated heterocycles. The molecule has 0 spiro atoms. The molecule has 0 amide bonds. The SMILES string of the molecule is c1ccc(-n2c3ccccc3c3ccc(N(c4ccccc4-c4cccc5c4oc4ccccc45)c4cccc5c4sc4ccccc45)cc32)cc1. The molecular formula is C48H30N2OS. The lowest BCUT2D eigenvalue weighted by Crippen LogP contribution is -2.11. The molecule has 3 aromatic heterocycles. The van der Waals surface area contributed by atoms with E-state index in [-0.39, 0.29) is 0 Å². The number of hydrogen-bond donors (Lipinski definition) is 0. The van der Waals surface area contributed by atoms with Crippen LogP contribution >= 0.6 is 11.3 Å². The van der Waals surface area contributed by atoms with Crippen molar-refractivity contribution in [3.8, 4) is 16.8 Å². The third-order valence-electron chi connectivity index (χ3n) is 10.4. The number of aromatic nitrogens is 1. The maximum atomic E-state index is 6.63. The number of nitrogens with zero attached hydrogens (tertiary/aromatic N) is 2. The van der Waals surface area contributed by atoms with Gasteiger partial charge in [-0.2, -0.15) is 0 Å². The molecule has 0 fully saturated rings. The molecule has 0 aliphatic carbocycles. The molecule has 52 heavy (non-hydrogen) atoms. The first-order valence-electron chi connectivity index (χ1n) is 17.6. The lowest BCUT2D eigenvalue weighted by molar-refractivity contribution is 0.670. The number of thiophene rings is 1. The molecule has 11 aromatic rings. The third kappa shape index (κ3) is 4.31. The van der Waals surface area contributed by atoms with Gasteiger partial charge in [-0.3, -0.25) is 0 Å². The van der Waals surface area contributed by atoms with Crippen molar-refractivity contribution >= 4 is 92.3 Å². The van der Waals surface area contributed by atoms with Crippen LogP contribution < -0.4 is 4.90 Å². The zero-order valence-electron chi connectivity index (χ0n) is 28.0. The Kier molecular flexibility index (Phi) is 6.42. The van der Waals surface area contributed by atoms with Gasteiger partial charge in [-0.25, -0.2) is 0 Å². The van der Waals surface area contributed by atoms with Crippen molar-refractivity contribution in [1.82, 2.24) is 4.57 Å². The monoisotopic (exact) mass is 682 g/mol. The Hall–Kier alpha value is -6.62. The molecule has 11 rings (SSSR count). The van der Waals surface area contributed by atoms with Crippen molar-refractivity contribution < 1.29 is 4.42 Å². The zero-order valence-corrected chi connectivity index (χ0v) is 28.8. The van der Waals surface area contributed by atoms with E-state index in [1.54, 1.807) is 0 Å². The minimum Gasteiger partial charge on any atom is -0.455 e. The van der Waals surface area contributed by atoms with Crippen LogP contribution in [-0.2, 0) is 0 Å². The Balaban J connectivity index is 1.23. The number of rotatable bonds is 5. The Morgan fingerprint density at radius 2 is 1.10 bits per heavy atom. The van der Waals surface area contributed by atoms with Crippen molar-refractivity contribution in [3.63, 3.8) is 0 Å². The fourth-order valence-electron chi connectivity index (χ4n) is 8.13. The largest absolute Gasteiger partial charge is 0.455 e. The van der Waals surface area contributed by atoms with E-state index in [0.717, 1.165) is 61.3 Å². The summed E-state index contributed by atoms with van der Waals surface area (Å²) in [5, 5.41) is 7.26. The molecular weight excluding hydrogens is 653 g/mol. The molecule has 0 aliphatic rings. The molecule has 4 heteroatoms. The Labute approximate surface area is 303 Å². The molecule has 3 nitrogen and oxygen atoms in total. The summed E-state index contributed by atoms with van der Waals surface area (Å²) < 4.78 is 11.6. The second kappa shape index (κ2) is 11.5. The fourth-order valence-corrected chi connectivity index (χ4v) is 9.33. The second-order valence-electron chi connectivity index (χ2n) is 13.3. The van der Waals surface area contributed by atoms with E-state index in [1.807, 2.05) is 17.4 Å². The highest BCUT2D eigenvalue weighted by Crippen LogP contribution is 2.49. The van der Waals surface area contributed by atoms with Gasteiger partial charge in [-0.05, 0) is 54.6 Å². The van der Waals surface area contributed by atoms with E-state index in [4.69, 9.17) is 4.42 Å². The third-order valence-corrected chi connectivity index (χ3v) is 11.6. The molecule has 0 unspecified atom stereocenters. The van der Waals surface area contributed by atoms with Crippen LogP contribution in [0, 0.1) is 0 Å². The average Bonchev–Trinajstić information content (AvgIpc) is 3.88. The van der Waals surface area contributed by atoms with Gasteiger partial charge in [-0.15, -0.1) is 11.3 Å². The molecule has 244 valence electrons. The van der Waals surface area contributed by atoms with Gasteiger partial charge in [0.25, 0.3) is 0 Å². The quantitative estimate of drug-likeness (QED) is 0.180. The van der Waals surface area contributed by atoms with E-state index >= 15 is 0 Å². The van der Waals surface area contributed by atoms with Crippen molar-refractivity contribution in [2.45, 2.75) is 0 Å². The van der Waals surface area contributed by atoms with Crippen LogP contribution in [0.3, 0.4) is 0 Å². The summed E-state index contributed by atoms with van der Waals surface area (Å²) in [5.41, 5.74) is 10.8. The Morgan fingerprint density at radius 1 is 0.442 bits per heavy atom. The Bertz CT molecular complexity index is 3150. The average molecular weight is 683 g/mol. The van der Waals surface area contributed by atoms with Crippen molar-refractivity contribution in [1.29, 1.82) is 0 Å². The van der Waals surface area contributed by atoms with E-state index in [2.05, 4.69) is 185 Å². The topological polar surface area (TPSA) is 21.3 Å². The number of furan rings is 1. The maximum Gasteiger partial charge on any atom is 0.143 e. The fraction of sp³-hybridized carbons (Fsp3) is 0. The van der Waals surface area contributed by atoms with Gasteiger partial charge in [0.1, 0.15) is 11.2 Å². The first-order chi connectivity index (χ1) is 25.8. The standard InChI is InChI=1S/C48H30N2OS/c1-2-14-31(15-3-1)49-41-23-8-4-16-33(41)35-29-28-32(30-44(35)49)50(43-25-13-22-40-37-19-7-11-27-46(37)52-48(40)43)42-24-9-5-17-34(42)38-20-12-21-39-36-18-6-10-26-45(36)51-47(38)39/h1-30H. The van der Waals surface area contributed by atoms with Crippen LogP contribution in [-0.4, -0.2) is 4.57 Å². The van der Waals surface area contributed by atoms with Crippen LogP contribution in [0.5, 0.6) is 0 Å². The lowest BCUT2D eigenvalue weighted by atomic mass is 9.99. The summed E-state index contributed by atoms with van der Waals surface area (Å²) >= 11 is 1.86. The smallest absolute Gasteiger partial charge is 0.143 e. The Morgan fingerprint density at radius 3 is 2.02 bits per heavy atom. The number of para-hydroxylation sites is 5. The van der Waals surface area contributed by atoms with Gasteiger partial charge in [0.15, 0.2) is 0 Å². The number of benzene rings is 8. The highest BCUT2D eigenvalue weighted by atomic mass is 32.1. The minimum absolute atomic E-state index is 0.897. The van der Waals surface area contributed by atoms with Gasteiger partial charge in [0.05, 0.1) is 27.1 Å². The normalized spacial score (nSPS) is 11.8. The first kappa shape index (κ1) is 29.1. The summed E-state index contributed by atoms with van der Waals surface area (Å²) in [6.07, 6.45) is 0. The minimum atomic E-state index is 0.897. The molecule has 0 radical (unpaired) electrons. The maximum absolute atomic E-state index is 6.63. The number of hydrogen-bond acceptors (Lipinski definition) is 3. The summed E-state index contributed by atoms with van der Waals surface area (Å²) in [5.74, 6) is 0. The molecule has 0 bridgehead atoms. The van der Waals surface area contributed by atoms with Crippen molar-refractivity contribution in [2.24, 2.45) is 0 Å². The zero-order chi connectivity index (χ0) is 34.2. The highest BCUT2D eigenvalue weighted by molar-refractivity contribution is 7.26. The second-order valence-corrected chi connectivity index (χ2v) is 14.3. The van der Waals surface area contributed by atoms with E-state index < -0.39 is 0 Å². The summed E-state index contributed by atoms with van der Waals surface area (Å²) in [4.78, 5) is 2.46. The number of anilines is 3. The van der Waals surface area contributed by atoms with Crippen molar-refractivity contribution in [3.05, 3.63) is 182 Å².